The molecule has 0 saturated carbocycles. The Hall–Kier alpha value is -0.420. The molecule has 15 heavy (non-hydrogen) atoms. The molecule has 1 aromatic rings. The maximum absolute atomic E-state index is 3.34. The van der Waals surface area contributed by atoms with E-state index < -0.39 is 0 Å². The first kappa shape index (κ1) is 9.78. The summed E-state index contributed by atoms with van der Waals surface area (Å²) in [5.74, 6) is 0. The molecule has 1 aromatic carbocycles. The molecule has 2 N–H and O–H groups in total. The highest BCUT2D eigenvalue weighted by Crippen LogP contribution is 2.51. The zero-order chi connectivity index (χ0) is 10.1. The van der Waals surface area contributed by atoms with Gasteiger partial charge in [-0.2, -0.15) is 0 Å². The molecule has 0 unspecified atom stereocenters. The first-order valence-corrected chi connectivity index (χ1v) is 6.65. The fourth-order valence-electron chi connectivity index (χ4n) is 1.71. The van der Waals surface area contributed by atoms with Gasteiger partial charge in [0, 0.05) is 29.5 Å². The molecule has 0 amide bonds. The average Bonchev–Trinajstić information content (AvgIpc) is 2.74. The molecule has 78 valence electrons. The molecule has 0 aliphatic carbocycles. The number of hydrogen-bond donors (Lipinski definition) is 2. The van der Waals surface area contributed by atoms with Crippen LogP contribution < -0.4 is 10.6 Å². The molecule has 0 atom stereocenters. The Morgan fingerprint density at radius 2 is 1.53 bits per heavy atom. The van der Waals surface area contributed by atoms with Crippen molar-refractivity contribution in [2.24, 2.45) is 0 Å². The van der Waals surface area contributed by atoms with Gasteiger partial charge in [-0.25, -0.2) is 0 Å². The van der Waals surface area contributed by atoms with Crippen LogP contribution in [0.4, 0.5) is 0 Å². The zero-order valence-corrected chi connectivity index (χ0v) is 9.88. The average molecular weight is 236 g/mol. The van der Waals surface area contributed by atoms with Crippen LogP contribution in [0.2, 0.25) is 0 Å². The third kappa shape index (κ3) is 1.95. The van der Waals surface area contributed by atoms with Gasteiger partial charge >= 0.3 is 0 Å². The molecule has 0 radical (unpaired) electrons. The number of thioether (sulfide) groups is 2. The van der Waals surface area contributed by atoms with E-state index in [-0.39, 0.29) is 0 Å². The molecule has 1 saturated heterocycles. The summed E-state index contributed by atoms with van der Waals surface area (Å²) >= 11 is 3.81. The highest BCUT2D eigenvalue weighted by molar-refractivity contribution is 8.24. The Labute approximate surface area is 97.9 Å². The number of nitrogens with one attached hydrogen (secondary N) is 2. The first-order valence-electron chi connectivity index (χ1n) is 5.02. The molecule has 0 aromatic heterocycles. The monoisotopic (exact) mass is 236 g/mol. The number of hydrogen-bond acceptors (Lipinski definition) is 4. The Kier molecular flexibility index (Phi) is 2.75. The summed E-state index contributed by atoms with van der Waals surface area (Å²) in [7, 11) is 0. The molecule has 0 bridgehead atoms. The van der Waals surface area contributed by atoms with Crippen molar-refractivity contribution in [1.82, 2.24) is 10.6 Å². The van der Waals surface area contributed by atoms with Crippen molar-refractivity contribution in [2.45, 2.75) is 9.79 Å². The van der Waals surface area contributed by atoms with Gasteiger partial charge in [-0.15, -0.1) is 0 Å². The van der Waals surface area contributed by atoms with Gasteiger partial charge in [0.1, 0.15) is 0 Å². The van der Waals surface area contributed by atoms with Crippen LogP contribution in [-0.4, -0.2) is 19.8 Å². The van der Waals surface area contributed by atoms with E-state index in [9.17, 15) is 0 Å². The van der Waals surface area contributed by atoms with Gasteiger partial charge in [0.2, 0.25) is 0 Å². The van der Waals surface area contributed by atoms with Crippen LogP contribution in [0, 0.1) is 0 Å². The smallest absolute Gasteiger partial charge is 0.0517 e. The summed E-state index contributed by atoms with van der Waals surface area (Å²) in [5, 5.41) is 6.69. The summed E-state index contributed by atoms with van der Waals surface area (Å²) < 4.78 is 1.45. The van der Waals surface area contributed by atoms with Crippen molar-refractivity contribution in [3.05, 3.63) is 34.1 Å². The van der Waals surface area contributed by atoms with Crippen LogP contribution in [0.25, 0.3) is 0 Å². The lowest BCUT2D eigenvalue weighted by molar-refractivity contribution is 0.571. The second-order valence-electron chi connectivity index (χ2n) is 3.57. The van der Waals surface area contributed by atoms with E-state index in [1.54, 1.807) is 0 Å². The fraction of sp³-hybridized carbons (Fsp3) is 0.273. The second kappa shape index (κ2) is 4.22. The summed E-state index contributed by atoms with van der Waals surface area (Å²) in [6.45, 7) is 2.98. The van der Waals surface area contributed by atoms with Crippen molar-refractivity contribution in [2.75, 3.05) is 19.8 Å². The normalized spacial score (nSPS) is 20.5. The van der Waals surface area contributed by atoms with E-state index in [1.807, 2.05) is 23.5 Å². The second-order valence-corrected chi connectivity index (χ2v) is 5.94. The van der Waals surface area contributed by atoms with E-state index in [4.69, 9.17) is 0 Å². The fourth-order valence-corrected chi connectivity index (χ4v) is 4.27. The van der Waals surface area contributed by atoms with Crippen LogP contribution in [0.15, 0.2) is 43.9 Å². The minimum Gasteiger partial charge on any atom is -0.301 e. The predicted octanol–water partition coefficient (Wildman–Crippen LogP) is 2.25. The van der Waals surface area contributed by atoms with Crippen molar-refractivity contribution in [3.63, 3.8) is 0 Å². The lowest BCUT2D eigenvalue weighted by Gasteiger charge is -2.18. The first-order chi connectivity index (χ1) is 7.43. The molecule has 1 fully saturated rings. The minimum absolute atomic E-state index is 0.930. The zero-order valence-electron chi connectivity index (χ0n) is 8.25. The maximum atomic E-state index is 3.34. The summed E-state index contributed by atoms with van der Waals surface area (Å²) in [6.07, 6.45) is 0. The minimum atomic E-state index is 0.930. The quantitative estimate of drug-likeness (QED) is 0.721. The van der Waals surface area contributed by atoms with Crippen LogP contribution in [-0.2, 0) is 0 Å². The molecule has 4 heteroatoms. The van der Waals surface area contributed by atoms with Gasteiger partial charge in [-0.05, 0) is 17.7 Å². The third-order valence-corrected chi connectivity index (χ3v) is 5.20. The van der Waals surface area contributed by atoms with E-state index in [1.165, 1.54) is 19.6 Å². The Balaban J connectivity index is 1.88. The van der Waals surface area contributed by atoms with Gasteiger partial charge in [0.05, 0.1) is 4.24 Å². The highest BCUT2D eigenvalue weighted by Gasteiger charge is 2.20. The van der Waals surface area contributed by atoms with E-state index >= 15 is 0 Å². The van der Waals surface area contributed by atoms with Crippen molar-refractivity contribution in [3.8, 4) is 0 Å². The molecule has 2 aliphatic rings. The summed E-state index contributed by atoms with van der Waals surface area (Å²) in [5.41, 5.74) is 1.49. The lowest BCUT2D eigenvalue weighted by Crippen LogP contribution is -2.39. The number of rotatable bonds is 0. The standard InChI is InChI=1S/C11H12N2S2/c1-2-4-10-9(3-1)14-11(15-10)8-5-12-7-13-6-8/h1-4,12-13H,5-7H2. The maximum Gasteiger partial charge on any atom is 0.0517 e. The summed E-state index contributed by atoms with van der Waals surface area (Å²) in [6, 6.07) is 8.61. The predicted molar refractivity (Wildman–Crippen MR) is 66.1 cm³/mol. The van der Waals surface area contributed by atoms with Crippen LogP contribution >= 0.6 is 23.5 Å². The van der Waals surface area contributed by atoms with Gasteiger partial charge in [0.15, 0.2) is 0 Å². The van der Waals surface area contributed by atoms with Crippen molar-refractivity contribution < 1.29 is 0 Å². The van der Waals surface area contributed by atoms with E-state index in [2.05, 4.69) is 34.9 Å². The Bertz CT molecular complexity index is 380. The molecule has 2 nitrogen and oxygen atoms in total. The van der Waals surface area contributed by atoms with Crippen LogP contribution in [0.5, 0.6) is 0 Å². The molecular weight excluding hydrogens is 224 g/mol. The molecule has 3 rings (SSSR count). The SMILES string of the molecule is c1ccc2c(c1)SC(=C1CNCNC1)S2. The van der Waals surface area contributed by atoms with Gasteiger partial charge in [-0.1, -0.05) is 35.7 Å². The molecule has 2 heterocycles. The topological polar surface area (TPSA) is 24.1 Å². The molecule has 0 spiro atoms. The summed E-state index contributed by atoms with van der Waals surface area (Å²) in [4.78, 5) is 2.80. The lowest BCUT2D eigenvalue weighted by atomic mass is 10.3. The largest absolute Gasteiger partial charge is 0.301 e. The Morgan fingerprint density at radius 1 is 0.933 bits per heavy atom. The van der Waals surface area contributed by atoms with E-state index in [0.29, 0.717) is 0 Å². The van der Waals surface area contributed by atoms with Crippen molar-refractivity contribution in [1.29, 1.82) is 0 Å². The van der Waals surface area contributed by atoms with Crippen molar-refractivity contribution >= 4 is 23.5 Å². The molecule has 2 aliphatic heterocycles. The number of benzene rings is 1. The third-order valence-electron chi connectivity index (χ3n) is 2.47. The van der Waals surface area contributed by atoms with Crippen LogP contribution in [0.3, 0.4) is 0 Å². The Morgan fingerprint density at radius 3 is 2.13 bits per heavy atom. The van der Waals surface area contributed by atoms with E-state index in [0.717, 1.165) is 19.8 Å². The van der Waals surface area contributed by atoms with Crippen LogP contribution in [0.1, 0.15) is 0 Å². The van der Waals surface area contributed by atoms with Gasteiger partial charge in [-0.3, -0.25) is 0 Å². The van der Waals surface area contributed by atoms with Gasteiger partial charge in [0.25, 0.3) is 0 Å². The van der Waals surface area contributed by atoms with Gasteiger partial charge < -0.3 is 10.6 Å². The highest BCUT2D eigenvalue weighted by atomic mass is 32.2. The molecular formula is C11H12N2S2. The number of fused-ring (bicyclic) bond motifs is 1.